The molecule has 1 aliphatic rings. The first-order valence-electron chi connectivity index (χ1n) is 5.50. The van der Waals surface area contributed by atoms with Crippen LogP contribution in [0.5, 0.6) is 0 Å². The van der Waals surface area contributed by atoms with Gasteiger partial charge < -0.3 is 10.8 Å². The van der Waals surface area contributed by atoms with E-state index >= 15 is 0 Å². The Morgan fingerprint density at radius 1 is 1.36 bits per heavy atom. The Bertz CT molecular complexity index is 210. The zero-order valence-electron chi connectivity index (χ0n) is 8.82. The number of hydrogen-bond donors (Lipinski definition) is 2. The predicted molar refractivity (Wildman–Crippen MR) is 55.0 cm³/mol. The first-order valence-corrected chi connectivity index (χ1v) is 5.50. The zero-order chi connectivity index (χ0) is 10.6. The summed E-state index contributed by atoms with van der Waals surface area (Å²) in [6, 6.07) is 2.15. The molecule has 3 nitrogen and oxygen atoms in total. The Kier molecular flexibility index (Phi) is 4.37. The first-order chi connectivity index (χ1) is 6.66. The molecule has 1 fully saturated rings. The molecule has 0 saturated heterocycles. The van der Waals surface area contributed by atoms with Gasteiger partial charge in [-0.25, -0.2) is 0 Å². The fourth-order valence-electron chi connectivity index (χ4n) is 2.48. The van der Waals surface area contributed by atoms with Gasteiger partial charge in [0, 0.05) is 0 Å². The average molecular weight is 196 g/mol. The molecule has 0 amide bonds. The monoisotopic (exact) mass is 196 g/mol. The number of rotatable bonds is 2. The quantitative estimate of drug-likeness (QED) is 0.521. The van der Waals surface area contributed by atoms with Crippen LogP contribution in [-0.4, -0.2) is 11.3 Å². The summed E-state index contributed by atoms with van der Waals surface area (Å²) in [7, 11) is 0. The fourth-order valence-corrected chi connectivity index (χ4v) is 2.48. The highest BCUT2D eigenvalue weighted by Gasteiger charge is 2.31. The van der Waals surface area contributed by atoms with Crippen LogP contribution in [0.4, 0.5) is 0 Å². The van der Waals surface area contributed by atoms with Crippen molar-refractivity contribution in [1.82, 2.24) is 0 Å². The Hall–Kier alpha value is -0.590. The number of nitrogens with zero attached hydrogens (tertiary/aromatic N) is 1. The van der Waals surface area contributed by atoms with Crippen LogP contribution in [0.2, 0.25) is 0 Å². The zero-order valence-corrected chi connectivity index (χ0v) is 8.82. The molecule has 0 aliphatic heterocycles. The minimum atomic E-state index is -0.981. The summed E-state index contributed by atoms with van der Waals surface area (Å²) in [5.74, 6) is 0.408. The van der Waals surface area contributed by atoms with Crippen LogP contribution in [0.15, 0.2) is 0 Å². The molecule has 0 aromatic heterocycles. The summed E-state index contributed by atoms with van der Waals surface area (Å²) in [5.41, 5.74) is 5.42. The molecule has 0 aromatic carbocycles. The molecule has 1 saturated carbocycles. The SMILES string of the molecule is CC1CCCCCC1C(C#N)C(N)O. The van der Waals surface area contributed by atoms with Gasteiger partial charge in [-0.05, 0) is 18.3 Å². The molecular formula is C11H20N2O. The molecular weight excluding hydrogens is 176 g/mol. The fraction of sp³-hybridized carbons (Fsp3) is 0.909. The molecule has 1 aliphatic carbocycles. The number of hydrogen-bond acceptors (Lipinski definition) is 3. The molecule has 3 heteroatoms. The van der Waals surface area contributed by atoms with E-state index in [0.717, 1.165) is 12.8 Å². The summed E-state index contributed by atoms with van der Waals surface area (Å²) >= 11 is 0. The Balaban J connectivity index is 2.66. The second kappa shape index (κ2) is 5.33. The number of nitriles is 1. The van der Waals surface area contributed by atoms with E-state index in [-0.39, 0.29) is 11.8 Å². The molecule has 4 atom stereocenters. The van der Waals surface area contributed by atoms with Gasteiger partial charge in [0.1, 0.15) is 6.23 Å². The summed E-state index contributed by atoms with van der Waals surface area (Å²) in [4.78, 5) is 0. The number of nitrogens with two attached hydrogens (primary N) is 1. The lowest BCUT2D eigenvalue weighted by Crippen LogP contribution is -2.36. The molecule has 0 spiro atoms. The minimum absolute atomic E-state index is 0.280. The molecule has 0 bridgehead atoms. The van der Waals surface area contributed by atoms with Crippen LogP contribution >= 0.6 is 0 Å². The highest BCUT2D eigenvalue weighted by atomic mass is 16.3. The third-order valence-corrected chi connectivity index (χ3v) is 3.41. The van der Waals surface area contributed by atoms with Crippen LogP contribution in [-0.2, 0) is 0 Å². The average Bonchev–Trinajstić information content (AvgIpc) is 2.33. The summed E-state index contributed by atoms with van der Waals surface area (Å²) in [6.07, 6.45) is 4.88. The van der Waals surface area contributed by atoms with Crippen molar-refractivity contribution in [3.8, 4) is 6.07 Å². The molecule has 14 heavy (non-hydrogen) atoms. The third-order valence-electron chi connectivity index (χ3n) is 3.41. The van der Waals surface area contributed by atoms with E-state index in [9.17, 15) is 5.11 Å². The highest BCUT2D eigenvalue weighted by molar-refractivity contribution is 4.93. The maximum Gasteiger partial charge on any atom is 0.118 e. The van der Waals surface area contributed by atoms with Gasteiger partial charge >= 0.3 is 0 Å². The minimum Gasteiger partial charge on any atom is -0.377 e. The molecule has 80 valence electrons. The highest BCUT2D eigenvalue weighted by Crippen LogP contribution is 2.34. The van der Waals surface area contributed by atoms with Gasteiger partial charge in [0.05, 0.1) is 12.0 Å². The molecule has 0 radical (unpaired) electrons. The van der Waals surface area contributed by atoms with Crippen molar-refractivity contribution < 1.29 is 5.11 Å². The molecule has 1 rings (SSSR count). The van der Waals surface area contributed by atoms with Crippen LogP contribution in [0.3, 0.4) is 0 Å². The Morgan fingerprint density at radius 2 is 2.00 bits per heavy atom. The predicted octanol–water partition coefficient (Wildman–Crippen LogP) is 1.62. The Morgan fingerprint density at radius 3 is 2.57 bits per heavy atom. The molecule has 4 unspecified atom stereocenters. The van der Waals surface area contributed by atoms with Crippen LogP contribution in [0.25, 0.3) is 0 Å². The van der Waals surface area contributed by atoms with Crippen molar-refractivity contribution in [3.05, 3.63) is 0 Å². The largest absolute Gasteiger partial charge is 0.377 e. The van der Waals surface area contributed by atoms with E-state index in [4.69, 9.17) is 11.0 Å². The van der Waals surface area contributed by atoms with E-state index in [1.54, 1.807) is 0 Å². The summed E-state index contributed by atoms with van der Waals surface area (Å²) in [5, 5.41) is 18.3. The van der Waals surface area contributed by atoms with Crippen molar-refractivity contribution in [2.75, 3.05) is 0 Å². The van der Waals surface area contributed by atoms with Gasteiger partial charge in [0.2, 0.25) is 0 Å². The van der Waals surface area contributed by atoms with Gasteiger partial charge in [-0.1, -0.05) is 32.6 Å². The number of aliphatic hydroxyl groups excluding tert-OH is 1. The van der Waals surface area contributed by atoms with E-state index in [2.05, 4.69) is 13.0 Å². The van der Waals surface area contributed by atoms with Crippen molar-refractivity contribution in [2.45, 2.75) is 45.3 Å². The van der Waals surface area contributed by atoms with Crippen LogP contribution < -0.4 is 5.73 Å². The smallest absolute Gasteiger partial charge is 0.118 e. The first kappa shape index (κ1) is 11.5. The van der Waals surface area contributed by atoms with Gasteiger partial charge in [0.25, 0.3) is 0 Å². The lowest BCUT2D eigenvalue weighted by atomic mass is 9.79. The normalized spacial score (nSPS) is 32.7. The topological polar surface area (TPSA) is 70.0 Å². The van der Waals surface area contributed by atoms with Crippen LogP contribution in [0.1, 0.15) is 39.0 Å². The van der Waals surface area contributed by atoms with Gasteiger partial charge in [-0.15, -0.1) is 0 Å². The maximum atomic E-state index is 9.33. The third kappa shape index (κ3) is 2.70. The van der Waals surface area contributed by atoms with E-state index in [1.165, 1.54) is 19.3 Å². The summed E-state index contributed by atoms with van der Waals surface area (Å²) < 4.78 is 0. The van der Waals surface area contributed by atoms with Crippen molar-refractivity contribution in [3.63, 3.8) is 0 Å². The second-order valence-corrected chi connectivity index (χ2v) is 4.42. The Labute approximate surface area is 85.9 Å². The van der Waals surface area contributed by atoms with E-state index in [0.29, 0.717) is 5.92 Å². The second-order valence-electron chi connectivity index (χ2n) is 4.42. The van der Waals surface area contributed by atoms with E-state index in [1.807, 2.05) is 0 Å². The van der Waals surface area contributed by atoms with Gasteiger partial charge in [0.15, 0.2) is 0 Å². The van der Waals surface area contributed by atoms with Crippen molar-refractivity contribution in [2.24, 2.45) is 23.5 Å². The van der Waals surface area contributed by atoms with E-state index < -0.39 is 6.23 Å². The van der Waals surface area contributed by atoms with Crippen molar-refractivity contribution in [1.29, 1.82) is 5.26 Å². The summed E-state index contributed by atoms with van der Waals surface area (Å²) in [6.45, 7) is 2.17. The van der Waals surface area contributed by atoms with Crippen molar-refractivity contribution >= 4 is 0 Å². The molecule has 0 aromatic rings. The van der Waals surface area contributed by atoms with Gasteiger partial charge in [-0.2, -0.15) is 5.26 Å². The number of aliphatic hydroxyl groups is 1. The van der Waals surface area contributed by atoms with Crippen LogP contribution in [0, 0.1) is 29.1 Å². The lowest BCUT2D eigenvalue weighted by molar-refractivity contribution is 0.0861. The molecule has 3 N–H and O–H groups in total. The van der Waals surface area contributed by atoms with Gasteiger partial charge in [-0.3, -0.25) is 0 Å². The maximum absolute atomic E-state index is 9.33. The standard InChI is InChI=1S/C11H20N2O/c1-8-5-3-2-4-6-9(8)10(7-12)11(13)14/h8-11,14H,2-6,13H2,1H3. The lowest BCUT2D eigenvalue weighted by Gasteiger charge is -2.27. The molecule has 0 heterocycles.